The summed E-state index contributed by atoms with van der Waals surface area (Å²) in [6.07, 6.45) is 5.77. The number of hydrogen-bond acceptors (Lipinski definition) is 5. The van der Waals surface area contributed by atoms with Crippen LogP contribution in [-0.4, -0.2) is 59.2 Å². The lowest BCUT2D eigenvalue weighted by molar-refractivity contribution is -0.136. The summed E-state index contributed by atoms with van der Waals surface area (Å²) in [6, 6.07) is 6.09. The standard InChI is InChI=1S/C23H30N4O3/c28-21-7-6-20(22(29)25-21)27-14-18-16(3-1-4-17(18)23(27)30)13-26-11-8-15(9-12-26)19-5-2-10-24-19/h1,3-4,15,19-20,24H,2,5-14H2,(H,25,28,29). The third-order valence-corrected chi connectivity index (χ3v) is 7.37. The topological polar surface area (TPSA) is 81.8 Å². The summed E-state index contributed by atoms with van der Waals surface area (Å²) in [5, 5.41) is 6.03. The van der Waals surface area contributed by atoms with Crippen molar-refractivity contribution in [3.63, 3.8) is 0 Å². The molecule has 3 saturated heterocycles. The number of fused-ring (bicyclic) bond motifs is 1. The van der Waals surface area contributed by atoms with Gasteiger partial charge < -0.3 is 10.2 Å². The van der Waals surface area contributed by atoms with Crippen molar-refractivity contribution < 1.29 is 14.4 Å². The number of hydrogen-bond donors (Lipinski definition) is 2. The first-order valence-corrected chi connectivity index (χ1v) is 11.3. The van der Waals surface area contributed by atoms with Gasteiger partial charge in [-0.1, -0.05) is 12.1 Å². The minimum absolute atomic E-state index is 0.0904. The van der Waals surface area contributed by atoms with Gasteiger partial charge in [0.1, 0.15) is 6.04 Å². The molecule has 4 aliphatic rings. The van der Waals surface area contributed by atoms with Crippen LogP contribution in [0.1, 0.15) is 60.0 Å². The Kier molecular flexibility index (Phi) is 5.33. The van der Waals surface area contributed by atoms with Crippen LogP contribution in [0.4, 0.5) is 0 Å². The van der Waals surface area contributed by atoms with E-state index in [0.29, 0.717) is 24.6 Å². The van der Waals surface area contributed by atoms with Crippen LogP contribution in [0.3, 0.4) is 0 Å². The van der Waals surface area contributed by atoms with Crippen molar-refractivity contribution in [2.45, 2.75) is 63.7 Å². The minimum atomic E-state index is -0.551. The van der Waals surface area contributed by atoms with E-state index in [1.807, 2.05) is 12.1 Å². The van der Waals surface area contributed by atoms with Gasteiger partial charge in [0.15, 0.2) is 0 Å². The molecule has 160 valence electrons. The van der Waals surface area contributed by atoms with Crippen LogP contribution in [0.2, 0.25) is 0 Å². The normalized spacial score (nSPS) is 28.1. The van der Waals surface area contributed by atoms with E-state index >= 15 is 0 Å². The van der Waals surface area contributed by atoms with Gasteiger partial charge in [0, 0.05) is 31.1 Å². The largest absolute Gasteiger partial charge is 0.322 e. The monoisotopic (exact) mass is 410 g/mol. The smallest absolute Gasteiger partial charge is 0.255 e. The van der Waals surface area contributed by atoms with Crippen LogP contribution in [0.15, 0.2) is 18.2 Å². The van der Waals surface area contributed by atoms with Gasteiger partial charge in [0.05, 0.1) is 0 Å². The molecule has 4 heterocycles. The van der Waals surface area contributed by atoms with Gasteiger partial charge in [0.2, 0.25) is 11.8 Å². The molecule has 0 bridgehead atoms. The number of carbonyl (C=O) groups excluding carboxylic acids is 3. The van der Waals surface area contributed by atoms with Crippen LogP contribution in [0.5, 0.6) is 0 Å². The fraction of sp³-hybridized carbons (Fsp3) is 0.609. The molecule has 2 unspecified atom stereocenters. The molecule has 0 radical (unpaired) electrons. The van der Waals surface area contributed by atoms with Gasteiger partial charge in [-0.15, -0.1) is 0 Å². The Morgan fingerprint density at radius 3 is 2.60 bits per heavy atom. The number of likely N-dealkylation sites (tertiary alicyclic amines) is 1. The van der Waals surface area contributed by atoms with Gasteiger partial charge >= 0.3 is 0 Å². The average molecular weight is 411 g/mol. The Hall–Kier alpha value is -2.25. The maximum absolute atomic E-state index is 13.0. The Morgan fingerprint density at radius 2 is 1.87 bits per heavy atom. The number of nitrogens with zero attached hydrogens (tertiary/aromatic N) is 2. The highest BCUT2D eigenvalue weighted by Gasteiger charge is 2.40. The molecule has 1 aromatic carbocycles. The van der Waals surface area contributed by atoms with Crippen molar-refractivity contribution in [3.05, 3.63) is 34.9 Å². The highest BCUT2D eigenvalue weighted by atomic mass is 16.2. The van der Waals surface area contributed by atoms with Gasteiger partial charge in [-0.05, 0) is 74.8 Å². The number of carbonyl (C=O) groups is 3. The molecule has 3 amide bonds. The zero-order chi connectivity index (χ0) is 20.7. The minimum Gasteiger partial charge on any atom is -0.322 e. The molecule has 7 nitrogen and oxygen atoms in total. The summed E-state index contributed by atoms with van der Waals surface area (Å²) in [7, 11) is 0. The van der Waals surface area contributed by atoms with E-state index in [4.69, 9.17) is 0 Å². The third kappa shape index (κ3) is 3.65. The molecule has 0 spiro atoms. The number of rotatable bonds is 4. The molecule has 0 aliphatic carbocycles. The van der Waals surface area contributed by atoms with Crippen LogP contribution >= 0.6 is 0 Å². The Labute approximate surface area is 177 Å². The third-order valence-electron chi connectivity index (χ3n) is 7.37. The number of nitrogens with one attached hydrogen (secondary N) is 2. The van der Waals surface area contributed by atoms with Crippen molar-refractivity contribution >= 4 is 17.7 Å². The molecule has 2 atom stereocenters. The molecular weight excluding hydrogens is 380 g/mol. The lowest BCUT2D eigenvalue weighted by Crippen LogP contribution is -2.52. The summed E-state index contributed by atoms with van der Waals surface area (Å²) in [4.78, 5) is 40.9. The van der Waals surface area contributed by atoms with Gasteiger partial charge in [-0.3, -0.25) is 24.6 Å². The number of benzene rings is 1. The van der Waals surface area contributed by atoms with Gasteiger partial charge in [0.25, 0.3) is 5.91 Å². The molecule has 0 saturated carbocycles. The summed E-state index contributed by atoms with van der Waals surface area (Å²) in [6.45, 7) is 4.66. The average Bonchev–Trinajstić information content (AvgIpc) is 3.39. The summed E-state index contributed by atoms with van der Waals surface area (Å²) < 4.78 is 0. The lowest BCUT2D eigenvalue weighted by Gasteiger charge is -2.35. The highest BCUT2D eigenvalue weighted by molar-refractivity contribution is 6.05. The number of amides is 3. The molecular formula is C23H30N4O3. The Morgan fingerprint density at radius 1 is 1.03 bits per heavy atom. The highest BCUT2D eigenvalue weighted by Crippen LogP contribution is 2.32. The van der Waals surface area contributed by atoms with Crippen LogP contribution in [0.25, 0.3) is 0 Å². The van der Waals surface area contributed by atoms with Crippen molar-refractivity contribution in [3.8, 4) is 0 Å². The van der Waals surface area contributed by atoms with E-state index in [9.17, 15) is 14.4 Å². The maximum atomic E-state index is 13.0. The SMILES string of the molecule is O=C1CCC(N2Cc3c(CN4CCC(C5CCCN5)CC4)cccc3C2=O)C(=O)N1. The van der Waals surface area contributed by atoms with E-state index in [0.717, 1.165) is 31.1 Å². The van der Waals surface area contributed by atoms with Gasteiger partial charge in [-0.2, -0.15) is 0 Å². The first-order chi connectivity index (χ1) is 14.6. The zero-order valence-electron chi connectivity index (χ0n) is 17.4. The van der Waals surface area contributed by atoms with E-state index < -0.39 is 6.04 Å². The number of imide groups is 1. The van der Waals surface area contributed by atoms with Crippen molar-refractivity contribution in [2.75, 3.05) is 19.6 Å². The Balaban J connectivity index is 1.26. The molecule has 30 heavy (non-hydrogen) atoms. The van der Waals surface area contributed by atoms with E-state index in [1.54, 1.807) is 4.90 Å². The quantitative estimate of drug-likeness (QED) is 0.734. The second-order valence-electron chi connectivity index (χ2n) is 9.16. The second kappa shape index (κ2) is 8.12. The van der Waals surface area contributed by atoms with Crippen molar-refractivity contribution in [2.24, 2.45) is 5.92 Å². The molecule has 3 fully saturated rings. The first kappa shape index (κ1) is 19.7. The molecule has 5 rings (SSSR count). The molecule has 4 aliphatic heterocycles. The molecule has 2 N–H and O–H groups in total. The Bertz CT molecular complexity index is 856. The predicted molar refractivity (Wildman–Crippen MR) is 112 cm³/mol. The fourth-order valence-electron chi connectivity index (χ4n) is 5.67. The molecule has 1 aromatic rings. The van der Waals surface area contributed by atoms with E-state index in [1.165, 1.54) is 37.8 Å². The predicted octanol–water partition coefficient (Wildman–Crippen LogP) is 1.41. The summed E-state index contributed by atoms with van der Waals surface area (Å²) in [5.41, 5.74) is 2.95. The van der Waals surface area contributed by atoms with Crippen LogP contribution < -0.4 is 10.6 Å². The van der Waals surface area contributed by atoms with Crippen molar-refractivity contribution in [1.29, 1.82) is 0 Å². The maximum Gasteiger partial charge on any atom is 0.255 e. The number of piperidine rings is 2. The molecule has 7 heteroatoms. The molecule has 0 aromatic heterocycles. The summed E-state index contributed by atoms with van der Waals surface area (Å²) in [5.74, 6) is 0.0936. The first-order valence-electron chi connectivity index (χ1n) is 11.3. The van der Waals surface area contributed by atoms with E-state index in [2.05, 4.69) is 21.6 Å². The van der Waals surface area contributed by atoms with Crippen LogP contribution in [0, 0.1) is 5.92 Å². The second-order valence-corrected chi connectivity index (χ2v) is 9.16. The zero-order valence-corrected chi connectivity index (χ0v) is 17.4. The van der Waals surface area contributed by atoms with Crippen LogP contribution in [-0.2, 0) is 22.7 Å². The van der Waals surface area contributed by atoms with Crippen molar-refractivity contribution in [1.82, 2.24) is 20.4 Å². The fourth-order valence-corrected chi connectivity index (χ4v) is 5.67. The summed E-state index contributed by atoms with van der Waals surface area (Å²) >= 11 is 0. The lowest BCUT2D eigenvalue weighted by atomic mass is 9.88. The van der Waals surface area contributed by atoms with E-state index in [-0.39, 0.29) is 24.1 Å². The van der Waals surface area contributed by atoms with Gasteiger partial charge in [-0.25, -0.2) is 0 Å².